The number of benzene rings is 2. The lowest BCUT2D eigenvalue weighted by molar-refractivity contribution is 0.413. The van der Waals surface area contributed by atoms with Gasteiger partial charge in [0.1, 0.15) is 11.5 Å². The standard InChI is InChI=1S/C26H20N2O3S/c1-30-18-8-4-7-17(14-18)24-21-12-11-16-6-2-3-10-20(16)23(21)27-26-28(24)25(29)22(32-26)15-19-9-5-13-31-19/h2-10,13-15,24H,11-12H2,1H3/b22-15-. The predicted molar refractivity (Wildman–Crippen MR) is 124 cm³/mol. The Hall–Kier alpha value is -3.64. The van der Waals surface area contributed by atoms with Crippen molar-refractivity contribution in [1.29, 1.82) is 0 Å². The average molecular weight is 441 g/mol. The number of fused-ring (bicyclic) bond motifs is 3. The van der Waals surface area contributed by atoms with Crippen LogP contribution < -0.4 is 19.6 Å². The van der Waals surface area contributed by atoms with Gasteiger partial charge in [-0.15, -0.1) is 0 Å². The van der Waals surface area contributed by atoms with Crippen LogP contribution in [0.1, 0.15) is 34.9 Å². The lowest BCUT2D eigenvalue weighted by Crippen LogP contribution is -2.38. The van der Waals surface area contributed by atoms with Crippen molar-refractivity contribution < 1.29 is 9.15 Å². The number of rotatable bonds is 3. The summed E-state index contributed by atoms with van der Waals surface area (Å²) in [6, 6.07) is 19.9. The van der Waals surface area contributed by atoms with Crippen molar-refractivity contribution in [1.82, 2.24) is 4.57 Å². The van der Waals surface area contributed by atoms with Crippen LogP contribution in [0.4, 0.5) is 0 Å². The molecular formula is C26H20N2O3S. The fourth-order valence-corrected chi connectivity index (χ4v) is 5.62. The van der Waals surface area contributed by atoms with E-state index in [9.17, 15) is 4.79 Å². The minimum absolute atomic E-state index is 0.0524. The van der Waals surface area contributed by atoms with Gasteiger partial charge in [0.05, 0.1) is 29.6 Å². The second kappa shape index (κ2) is 7.50. The third-order valence-corrected chi connectivity index (χ3v) is 7.08. The third kappa shape index (κ3) is 2.99. The molecule has 32 heavy (non-hydrogen) atoms. The second-order valence-corrected chi connectivity index (χ2v) is 8.91. The zero-order chi connectivity index (χ0) is 21.7. The van der Waals surface area contributed by atoms with Crippen LogP contribution >= 0.6 is 11.3 Å². The molecular weight excluding hydrogens is 420 g/mol. The molecule has 0 amide bonds. The monoisotopic (exact) mass is 440 g/mol. The lowest BCUT2D eigenvalue weighted by Gasteiger charge is -2.31. The minimum Gasteiger partial charge on any atom is -0.497 e. The first-order chi connectivity index (χ1) is 15.7. The molecule has 0 saturated carbocycles. The van der Waals surface area contributed by atoms with E-state index >= 15 is 0 Å². The van der Waals surface area contributed by atoms with E-state index < -0.39 is 0 Å². The van der Waals surface area contributed by atoms with Crippen molar-refractivity contribution in [3.05, 3.63) is 115 Å². The number of hydrogen-bond donors (Lipinski definition) is 0. The van der Waals surface area contributed by atoms with Gasteiger partial charge in [-0.1, -0.05) is 47.7 Å². The van der Waals surface area contributed by atoms with Crippen LogP contribution in [0.5, 0.6) is 5.75 Å². The maximum atomic E-state index is 13.6. The van der Waals surface area contributed by atoms with E-state index in [0.29, 0.717) is 15.1 Å². The van der Waals surface area contributed by atoms with E-state index in [1.807, 2.05) is 34.9 Å². The number of aromatic nitrogens is 1. The molecule has 6 heteroatoms. The Morgan fingerprint density at radius 1 is 1.12 bits per heavy atom. The van der Waals surface area contributed by atoms with Crippen molar-refractivity contribution in [2.45, 2.75) is 18.9 Å². The van der Waals surface area contributed by atoms with E-state index in [4.69, 9.17) is 14.1 Å². The molecule has 0 N–H and O–H groups in total. The summed E-state index contributed by atoms with van der Waals surface area (Å²) in [6.07, 6.45) is 5.20. The molecule has 2 aliphatic rings. The highest BCUT2D eigenvalue weighted by Gasteiger charge is 2.32. The third-order valence-electron chi connectivity index (χ3n) is 6.10. The number of ether oxygens (including phenoxy) is 1. The molecule has 1 aliphatic heterocycles. The number of allylic oxidation sites excluding steroid dienone is 1. The van der Waals surface area contributed by atoms with Crippen molar-refractivity contribution in [3.8, 4) is 5.75 Å². The Labute approximate surface area is 188 Å². The number of hydrogen-bond acceptors (Lipinski definition) is 5. The van der Waals surface area contributed by atoms with Crippen molar-refractivity contribution in [2.75, 3.05) is 7.11 Å². The van der Waals surface area contributed by atoms with E-state index in [0.717, 1.165) is 35.4 Å². The van der Waals surface area contributed by atoms with Crippen LogP contribution in [-0.4, -0.2) is 11.7 Å². The second-order valence-electron chi connectivity index (χ2n) is 7.91. The summed E-state index contributed by atoms with van der Waals surface area (Å²) in [6.45, 7) is 0. The number of furan rings is 1. The lowest BCUT2D eigenvalue weighted by atomic mass is 9.83. The van der Waals surface area contributed by atoms with Gasteiger partial charge in [0.2, 0.25) is 0 Å². The Bertz CT molecular complexity index is 1540. The fraction of sp³-hybridized carbons (Fsp3) is 0.154. The zero-order valence-corrected chi connectivity index (χ0v) is 18.3. The van der Waals surface area contributed by atoms with E-state index in [1.165, 1.54) is 22.5 Å². The van der Waals surface area contributed by atoms with Gasteiger partial charge in [0, 0.05) is 11.6 Å². The summed E-state index contributed by atoms with van der Waals surface area (Å²) in [4.78, 5) is 19.3. The van der Waals surface area contributed by atoms with Crippen LogP contribution in [0, 0.1) is 0 Å². The zero-order valence-electron chi connectivity index (χ0n) is 17.4. The van der Waals surface area contributed by atoms with Crippen LogP contribution in [0.3, 0.4) is 0 Å². The molecule has 158 valence electrons. The van der Waals surface area contributed by atoms with Gasteiger partial charge in [-0.3, -0.25) is 9.36 Å². The quantitative estimate of drug-likeness (QED) is 0.485. The summed E-state index contributed by atoms with van der Waals surface area (Å²) < 4.78 is 13.4. The number of methoxy groups -OCH3 is 1. The Balaban J connectivity index is 1.65. The molecule has 1 aliphatic carbocycles. The van der Waals surface area contributed by atoms with Crippen molar-refractivity contribution >= 4 is 23.1 Å². The Morgan fingerprint density at radius 2 is 2.03 bits per heavy atom. The van der Waals surface area contributed by atoms with Gasteiger partial charge in [0.25, 0.3) is 5.56 Å². The van der Waals surface area contributed by atoms with E-state index in [-0.39, 0.29) is 11.6 Å². The smallest absolute Gasteiger partial charge is 0.271 e. The molecule has 2 aromatic heterocycles. The molecule has 0 saturated heterocycles. The van der Waals surface area contributed by atoms with Crippen LogP contribution in [-0.2, 0) is 6.42 Å². The topological polar surface area (TPSA) is 56.7 Å². The fourth-order valence-electron chi connectivity index (χ4n) is 4.64. The highest BCUT2D eigenvalue weighted by atomic mass is 32.1. The molecule has 3 heterocycles. The Kier molecular flexibility index (Phi) is 4.47. The van der Waals surface area contributed by atoms with Gasteiger partial charge < -0.3 is 9.15 Å². The summed E-state index contributed by atoms with van der Waals surface area (Å²) in [7, 11) is 1.66. The van der Waals surface area contributed by atoms with Gasteiger partial charge in [-0.05, 0) is 53.8 Å². The normalized spacial score (nSPS) is 17.4. The number of aryl methyl sites for hydroxylation is 1. The highest BCUT2D eigenvalue weighted by molar-refractivity contribution is 7.07. The van der Waals surface area contributed by atoms with E-state index in [2.05, 4.69) is 30.3 Å². The van der Waals surface area contributed by atoms with Gasteiger partial charge in [-0.2, -0.15) is 0 Å². The molecule has 5 nitrogen and oxygen atoms in total. The number of thiazole rings is 1. The van der Waals surface area contributed by atoms with Gasteiger partial charge >= 0.3 is 0 Å². The summed E-state index contributed by atoms with van der Waals surface area (Å²) in [5.74, 6) is 1.43. The highest BCUT2D eigenvalue weighted by Crippen LogP contribution is 2.41. The summed E-state index contributed by atoms with van der Waals surface area (Å²) >= 11 is 1.40. The summed E-state index contributed by atoms with van der Waals surface area (Å²) in [5, 5.41) is 0. The largest absolute Gasteiger partial charge is 0.497 e. The van der Waals surface area contributed by atoms with Gasteiger partial charge in [0.15, 0.2) is 4.80 Å². The molecule has 0 spiro atoms. The SMILES string of the molecule is COc1cccc(C2C3=C(N=c4s/c(=C\c5ccco5)c(=O)n42)c2ccccc2CC3)c1. The Morgan fingerprint density at radius 3 is 2.88 bits per heavy atom. The van der Waals surface area contributed by atoms with Crippen LogP contribution in [0.2, 0.25) is 0 Å². The predicted octanol–water partition coefficient (Wildman–Crippen LogP) is 3.92. The summed E-state index contributed by atoms with van der Waals surface area (Å²) in [5.41, 5.74) is 5.60. The molecule has 2 aromatic carbocycles. The molecule has 0 fully saturated rings. The maximum Gasteiger partial charge on any atom is 0.271 e. The molecule has 0 radical (unpaired) electrons. The maximum absolute atomic E-state index is 13.6. The van der Waals surface area contributed by atoms with Gasteiger partial charge in [-0.25, -0.2) is 4.99 Å². The van der Waals surface area contributed by atoms with E-state index in [1.54, 1.807) is 19.4 Å². The molecule has 4 aromatic rings. The number of nitrogens with zero attached hydrogens (tertiary/aromatic N) is 2. The molecule has 1 unspecified atom stereocenters. The molecule has 6 rings (SSSR count). The van der Waals surface area contributed by atoms with Crippen LogP contribution in [0.25, 0.3) is 11.8 Å². The first-order valence-corrected chi connectivity index (χ1v) is 11.3. The average Bonchev–Trinajstić information content (AvgIpc) is 3.46. The first kappa shape index (κ1) is 19.1. The molecule has 1 atom stereocenters. The van der Waals surface area contributed by atoms with Crippen LogP contribution in [0.15, 0.2) is 86.7 Å². The van der Waals surface area contributed by atoms with Crippen molar-refractivity contribution in [3.63, 3.8) is 0 Å². The van der Waals surface area contributed by atoms with Crippen molar-refractivity contribution in [2.24, 2.45) is 4.99 Å². The first-order valence-electron chi connectivity index (χ1n) is 10.5. The minimum atomic E-state index is -0.219. The molecule has 0 bridgehead atoms.